The largest absolute Gasteiger partial charge is 0.480 e. The number of hydrogen-bond acceptors (Lipinski definition) is 4. The molecule has 0 saturated heterocycles. The molecule has 0 saturated carbocycles. The number of carbonyl (C=O) groups is 2. The predicted octanol–water partition coefficient (Wildman–Crippen LogP) is 4.75. The van der Waals surface area contributed by atoms with Crippen molar-refractivity contribution >= 4 is 18.0 Å². The summed E-state index contributed by atoms with van der Waals surface area (Å²) in [5.74, 6) is -2.06. The molecular formula is C31H34FNO5. The highest BCUT2D eigenvalue weighted by atomic mass is 19.1. The second-order valence-corrected chi connectivity index (χ2v) is 9.68. The van der Waals surface area contributed by atoms with Crippen molar-refractivity contribution in [2.45, 2.75) is 58.3 Å². The molecule has 3 atom stereocenters. The highest BCUT2D eigenvalue weighted by Gasteiger charge is 2.22. The van der Waals surface area contributed by atoms with Crippen LogP contribution in [0.1, 0.15) is 40.7 Å². The van der Waals surface area contributed by atoms with E-state index in [1.54, 1.807) is 55.5 Å². The third-order valence-electron chi connectivity index (χ3n) is 6.34. The molecule has 3 aromatic rings. The molecule has 0 radical (unpaired) electrons. The summed E-state index contributed by atoms with van der Waals surface area (Å²) in [5, 5.41) is 32.8. The molecule has 0 bridgehead atoms. The predicted molar refractivity (Wildman–Crippen MR) is 146 cm³/mol. The molecule has 0 unspecified atom stereocenters. The maximum atomic E-state index is 13.8. The summed E-state index contributed by atoms with van der Waals surface area (Å²) in [5.41, 5.74) is 5.93. The van der Waals surface area contributed by atoms with E-state index in [1.807, 2.05) is 32.0 Å². The van der Waals surface area contributed by atoms with E-state index < -0.39 is 30.1 Å². The monoisotopic (exact) mass is 519 g/mol. The third-order valence-corrected chi connectivity index (χ3v) is 6.34. The van der Waals surface area contributed by atoms with Crippen LogP contribution in [-0.4, -0.2) is 45.4 Å². The van der Waals surface area contributed by atoms with Gasteiger partial charge in [-0.1, -0.05) is 66.2 Å². The number of nitrogens with one attached hydrogen (secondary N) is 1. The van der Waals surface area contributed by atoms with Crippen molar-refractivity contribution in [3.05, 3.63) is 100 Å². The lowest BCUT2D eigenvalue weighted by Gasteiger charge is -2.17. The summed E-state index contributed by atoms with van der Waals surface area (Å²) in [7, 11) is 0. The second-order valence-electron chi connectivity index (χ2n) is 9.68. The fourth-order valence-electron chi connectivity index (χ4n) is 4.42. The number of rotatable bonds is 11. The number of amides is 1. The summed E-state index contributed by atoms with van der Waals surface area (Å²) in [6.45, 7) is 5.64. The van der Waals surface area contributed by atoms with E-state index in [4.69, 9.17) is 0 Å². The van der Waals surface area contributed by atoms with E-state index in [2.05, 4.69) is 5.32 Å². The number of carboxylic acids is 1. The number of aliphatic hydroxyl groups is 2. The molecule has 0 aliphatic carbocycles. The molecule has 0 aromatic heterocycles. The van der Waals surface area contributed by atoms with Crippen LogP contribution in [0, 0.1) is 26.6 Å². The molecule has 0 heterocycles. The zero-order valence-corrected chi connectivity index (χ0v) is 21.8. The molecule has 4 N–H and O–H groups in total. The summed E-state index contributed by atoms with van der Waals surface area (Å²) in [4.78, 5) is 24.0. The Hall–Kier alpha value is -3.81. The smallest absolute Gasteiger partial charge is 0.326 e. The lowest BCUT2D eigenvalue weighted by molar-refractivity contribution is -0.142. The van der Waals surface area contributed by atoms with Gasteiger partial charge in [0.2, 0.25) is 5.91 Å². The number of carboxylic acid groups (broad SMARTS) is 1. The normalized spacial score (nSPS) is 13.7. The highest BCUT2D eigenvalue weighted by Crippen LogP contribution is 2.30. The average molecular weight is 520 g/mol. The molecule has 0 spiro atoms. The Morgan fingerprint density at radius 3 is 2.34 bits per heavy atom. The topological polar surface area (TPSA) is 107 Å². The van der Waals surface area contributed by atoms with Crippen molar-refractivity contribution in [3.8, 4) is 11.1 Å². The molecule has 6 nitrogen and oxygen atoms in total. The Bertz CT molecular complexity index is 1310. The molecule has 0 aliphatic rings. The fourth-order valence-corrected chi connectivity index (χ4v) is 4.42. The molecule has 3 aromatic carbocycles. The maximum Gasteiger partial charge on any atom is 0.326 e. The lowest BCUT2D eigenvalue weighted by atomic mass is 9.92. The Morgan fingerprint density at radius 2 is 1.68 bits per heavy atom. The fraction of sp³-hybridized carbons (Fsp3) is 0.290. The average Bonchev–Trinajstić information content (AvgIpc) is 2.84. The number of aryl methyl sites for hydroxylation is 3. The molecule has 7 heteroatoms. The van der Waals surface area contributed by atoms with E-state index in [-0.39, 0.29) is 25.1 Å². The van der Waals surface area contributed by atoms with Crippen LogP contribution in [-0.2, 0) is 16.0 Å². The van der Waals surface area contributed by atoms with Gasteiger partial charge in [-0.2, -0.15) is 0 Å². The summed E-state index contributed by atoms with van der Waals surface area (Å²) in [6, 6.07) is 16.8. The van der Waals surface area contributed by atoms with E-state index in [0.29, 0.717) is 5.56 Å². The van der Waals surface area contributed by atoms with Gasteiger partial charge >= 0.3 is 5.97 Å². The lowest BCUT2D eigenvalue weighted by Crippen LogP contribution is -2.43. The first-order valence-electron chi connectivity index (χ1n) is 12.5. The summed E-state index contributed by atoms with van der Waals surface area (Å²) in [6.07, 6.45) is 0.785. The van der Waals surface area contributed by atoms with Crippen LogP contribution in [0.15, 0.2) is 66.7 Å². The number of halogens is 1. The van der Waals surface area contributed by atoms with Crippen LogP contribution >= 0.6 is 0 Å². The van der Waals surface area contributed by atoms with Crippen LogP contribution in [0.4, 0.5) is 4.39 Å². The number of hydrogen-bond donors (Lipinski definition) is 4. The Kier molecular flexibility index (Phi) is 9.93. The molecule has 0 fully saturated rings. The molecule has 200 valence electrons. The Labute approximate surface area is 222 Å². The van der Waals surface area contributed by atoms with Gasteiger partial charge in [-0.25, -0.2) is 9.18 Å². The van der Waals surface area contributed by atoms with E-state index in [1.165, 1.54) is 6.07 Å². The minimum Gasteiger partial charge on any atom is -0.480 e. The number of aliphatic carboxylic acids is 1. The van der Waals surface area contributed by atoms with Gasteiger partial charge in [0.1, 0.15) is 11.9 Å². The van der Waals surface area contributed by atoms with Crippen LogP contribution in [0.5, 0.6) is 0 Å². The van der Waals surface area contributed by atoms with Gasteiger partial charge in [0.05, 0.1) is 18.6 Å². The quantitative estimate of drug-likeness (QED) is 0.293. The first-order valence-corrected chi connectivity index (χ1v) is 12.5. The summed E-state index contributed by atoms with van der Waals surface area (Å²) >= 11 is 0. The zero-order chi connectivity index (χ0) is 27.8. The van der Waals surface area contributed by atoms with E-state index in [9.17, 15) is 29.3 Å². The molecule has 1 amide bonds. The van der Waals surface area contributed by atoms with Crippen LogP contribution in [0.25, 0.3) is 17.2 Å². The van der Waals surface area contributed by atoms with Gasteiger partial charge in [-0.3, -0.25) is 4.79 Å². The van der Waals surface area contributed by atoms with Gasteiger partial charge in [0, 0.05) is 12.8 Å². The SMILES string of the molecule is Cc1cc(C)c(C=C[C@@H](O)C[C@@H](O)CC(=O)N[C@@H](Cc2ccccc2)C(=O)O)c(-c2ccc(F)c(C)c2)c1. The molecular weight excluding hydrogens is 485 g/mol. The van der Waals surface area contributed by atoms with Crippen molar-refractivity contribution in [2.75, 3.05) is 0 Å². The zero-order valence-electron chi connectivity index (χ0n) is 21.8. The van der Waals surface area contributed by atoms with Crippen LogP contribution < -0.4 is 5.32 Å². The second kappa shape index (κ2) is 13.1. The molecule has 38 heavy (non-hydrogen) atoms. The van der Waals surface area contributed by atoms with Crippen molar-refractivity contribution in [1.29, 1.82) is 0 Å². The van der Waals surface area contributed by atoms with Gasteiger partial charge < -0.3 is 20.6 Å². The highest BCUT2D eigenvalue weighted by molar-refractivity contribution is 5.84. The van der Waals surface area contributed by atoms with Crippen LogP contribution in [0.2, 0.25) is 0 Å². The van der Waals surface area contributed by atoms with Crippen molar-refractivity contribution in [1.82, 2.24) is 5.32 Å². The van der Waals surface area contributed by atoms with Crippen molar-refractivity contribution in [2.24, 2.45) is 0 Å². The Morgan fingerprint density at radius 1 is 0.974 bits per heavy atom. The number of aliphatic hydroxyl groups excluding tert-OH is 2. The minimum atomic E-state index is -1.17. The van der Waals surface area contributed by atoms with Gasteiger partial charge in [0.15, 0.2) is 0 Å². The first-order chi connectivity index (χ1) is 18.0. The van der Waals surface area contributed by atoms with Gasteiger partial charge in [-0.15, -0.1) is 0 Å². The molecule has 3 rings (SSSR count). The first kappa shape index (κ1) is 28.8. The Balaban J connectivity index is 1.64. The van der Waals surface area contributed by atoms with Crippen LogP contribution in [0.3, 0.4) is 0 Å². The van der Waals surface area contributed by atoms with Crippen molar-refractivity contribution in [3.63, 3.8) is 0 Å². The van der Waals surface area contributed by atoms with Crippen molar-refractivity contribution < 1.29 is 29.3 Å². The number of carbonyl (C=O) groups excluding carboxylic acids is 1. The van der Waals surface area contributed by atoms with E-state index >= 15 is 0 Å². The van der Waals surface area contributed by atoms with Gasteiger partial charge in [-0.05, 0) is 66.3 Å². The summed E-state index contributed by atoms with van der Waals surface area (Å²) < 4.78 is 13.8. The number of benzene rings is 3. The molecule has 0 aliphatic heterocycles. The van der Waals surface area contributed by atoms with E-state index in [0.717, 1.165) is 33.4 Å². The third kappa shape index (κ3) is 8.10. The maximum absolute atomic E-state index is 13.8. The standard InChI is InChI=1S/C31H34FNO5/c1-19-13-20(2)26(27(14-19)23-9-12-28(32)21(3)15-23)11-10-24(34)17-25(35)18-30(36)33-29(31(37)38)16-22-7-5-4-6-8-22/h4-15,24-25,29,34-35H,16-18H2,1-3H3,(H,33,36)(H,37,38)/t24-,25-,29+/m1/s1. The van der Waals surface area contributed by atoms with Gasteiger partial charge in [0.25, 0.3) is 0 Å². The minimum absolute atomic E-state index is 0.101.